The number of piperidine rings is 1. The molecule has 3 rings (SSSR count). The number of methoxy groups -OCH3 is 1. The van der Waals surface area contributed by atoms with Gasteiger partial charge in [0.15, 0.2) is 0 Å². The van der Waals surface area contributed by atoms with Gasteiger partial charge in [0, 0.05) is 37.1 Å². The number of carbonyl (C=O) groups is 1. The van der Waals surface area contributed by atoms with E-state index in [0.29, 0.717) is 6.54 Å². The summed E-state index contributed by atoms with van der Waals surface area (Å²) in [6, 6.07) is 10.2. The molecule has 1 N–H and O–H groups in total. The smallest absolute Gasteiger partial charge is 0.447 e. The van der Waals surface area contributed by atoms with Gasteiger partial charge in [-0.3, -0.25) is 4.79 Å². The Morgan fingerprint density at radius 2 is 2.07 bits per heavy atom. The lowest BCUT2D eigenvalue weighted by Gasteiger charge is -2.35. The molecule has 2 aromatic rings. The fourth-order valence-electron chi connectivity index (χ4n) is 3.22. The summed E-state index contributed by atoms with van der Waals surface area (Å²) >= 11 is -0.379. The number of halogens is 3. The van der Waals surface area contributed by atoms with Crippen molar-refractivity contribution in [3.63, 3.8) is 0 Å². The number of carbonyl (C=O) groups excluding carboxylic acids is 1. The number of aromatic nitrogens is 1. The van der Waals surface area contributed by atoms with Gasteiger partial charge in [0.05, 0.1) is 18.4 Å². The van der Waals surface area contributed by atoms with E-state index in [-0.39, 0.29) is 28.4 Å². The maximum atomic E-state index is 12.7. The third-order valence-corrected chi connectivity index (χ3v) is 5.16. The van der Waals surface area contributed by atoms with E-state index in [1.807, 2.05) is 24.3 Å². The summed E-state index contributed by atoms with van der Waals surface area (Å²) in [5, 5.41) is 2.51. The normalized spacial score (nSPS) is 17.3. The molecule has 1 saturated heterocycles. The van der Waals surface area contributed by atoms with Crippen LogP contribution in [0.5, 0.6) is 5.75 Å². The van der Waals surface area contributed by atoms with Gasteiger partial charge in [0.2, 0.25) is 0 Å². The molecule has 1 fully saturated rings. The molecular formula is C19H20F3N3O2S. The number of anilines is 1. The van der Waals surface area contributed by atoms with Crippen LogP contribution in [-0.2, 0) is 0 Å². The Labute approximate surface area is 165 Å². The quantitative estimate of drug-likeness (QED) is 0.751. The second kappa shape index (κ2) is 8.72. The van der Waals surface area contributed by atoms with Crippen LogP contribution >= 0.6 is 11.8 Å². The average molecular weight is 411 g/mol. The first-order chi connectivity index (χ1) is 13.4. The number of benzene rings is 1. The molecule has 9 heteroatoms. The summed E-state index contributed by atoms with van der Waals surface area (Å²) in [4.78, 5) is 18.4. The van der Waals surface area contributed by atoms with E-state index < -0.39 is 11.4 Å². The highest BCUT2D eigenvalue weighted by atomic mass is 32.2. The number of thioether (sulfide) groups is 1. The van der Waals surface area contributed by atoms with Gasteiger partial charge >= 0.3 is 5.51 Å². The highest BCUT2D eigenvalue weighted by Crippen LogP contribution is 2.37. The molecule has 0 bridgehead atoms. The Morgan fingerprint density at radius 3 is 2.82 bits per heavy atom. The number of nitrogens with zero attached hydrogens (tertiary/aromatic N) is 2. The van der Waals surface area contributed by atoms with Crippen molar-refractivity contribution >= 4 is 23.4 Å². The van der Waals surface area contributed by atoms with Gasteiger partial charge in [0.25, 0.3) is 5.91 Å². The number of para-hydroxylation sites is 2. The fourth-order valence-corrected chi connectivity index (χ4v) is 3.83. The Balaban J connectivity index is 1.71. The van der Waals surface area contributed by atoms with Gasteiger partial charge in [-0.15, -0.1) is 0 Å². The monoisotopic (exact) mass is 411 g/mol. The van der Waals surface area contributed by atoms with Gasteiger partial charge in [-0.1, -0.05) is 12.1 Å². The van der Waals surface area contributed by atoms with Crippen molar-refractivity contribution in [3.05, 3.63) is 48.2 Å². The standard InChI is InChI=1S/C19H20F3N3O2S/c1-27-16-9-3-2-8-15(16)25-11-5-6-13(12-25)24-17(26)14-7-4-10-23-18(14)28-19(20,21)22/h2-4,7-10,13H,5-6,11-12H2,1H3,(H,24,26). The summed E-state index contributed by atoms with van der Waals surface area (Å²) in [6.07, 6.45) is 2.84. The van der Waals surface area contributed by atoms with E-state index in [1.54, 1.807) is 7.11 Å². The van der Waals surface area contributed by atoms with Crippen LogP contribution in [0.2, 0.25) is 0 Å². The van der Waals surface area contributed by atoms with Gasteiger partial charge in [-0.25, -0.2) is 4.98 Å². The van der Waals surface area contributed by atoms with E-state index in [0.717, 1.165) is 30.8 Å². The van der Waals surface area contributed by atoms with Crippen molar-refractivity contribution in [1.82, 2.24) is 10.3 Å². The van der Waals surface area contributed by atoms with Crippen molar-refractivity contribution in [3.8, 4) is 5.75 Å². The summed E-state index contributed by atoms with van der Waals surface area (Å²) in [6.45, 7) is 1.36. The first kappa shape index (κ1) is 20.3. The summed E-state index contributed by atoms with van der Waals surface area (Å²) in [5.41, 5.74) is -3.65. The maximum Gasteiger partial charge on any atom is 0.447 e. The summed E-state index contributed by atoms with van der Waals surface area (Å²) in [5.74, 6) is 0.192. The van der Waals surface area contributed by atoms with E-state index in [2.05, 4.69) is 15.2 Å². The minimum atomic E-state index is -4.51. The van der Waals surface area contributed by atoms with E-state index in [9.17, 15) is 18.0 Å². The molecule has 1 aliphatic rings. The highest BCUT2D eigenvalue weighted by Gasteiger charge is 2.33. The zero-order valence-electron chi connectivity index (χ0n) is 15.2. The maximum absolute atomic E-state index is 12.7. The third-order valence-electron chi connectivity index (χ3n) is 4.41. The second-order valence-electron chi connectivity index (χ2n) is 6.33. The van der Waals surface area contributed by atoms with Crippen molar-refractivity contribution in [1.29, 1.82) is 0 Å². The largest absolute Gasteiger partial charge is 0.495 e. The molecule has 0 radical (unpaired) electrons. The molecule has 1 aromatic heterocycles. The lowest BCUT2D eigenvalue weighted by atomic mass is 10.0. The number of ether oxygens (including phenoxy) is 1. The molecule has 150 valence electrons. The zero-order valence-corrected chi connectivity index (χ0v) is 16.0. The molecule has 0 spiro atoms. The van der Waals surface area contributed by atoms with Gasteiger partial charge in [0.1, 0.15) is 10.8 Å². The van der Waals surface area contributed by atoms with Crippen molar-refractivity contribution in [2.24, 2.45) is 0 Å². The zero-order chi connectivity index (χ0) is 20.1. The SMILES string of the molecule is COc1ccccc1N1CCCC(NC(=O)c2cccnc2SC(F)(F)F)C1. The first-order valence-electron chi connectivity index (χ1n) is 8.77. The van der Waals surface area contributed by atoms with Crippen LogP contribution < -0.4 is 15.0 Å². The lowest BCUT2D eigenvalue weighted by Crippen LogP contribution is -2.48. The number of pyridine rings is 1. The molecule has 28 heavy (non-hydrogen) atoms. The van der Waals surface area contributed by atoms with Gasteiger partial charge in [-0.2, -0.15) is 13.2 Å². The fraction of sp³-hybridized carbons (Fsp3) is 0.368. The minimum absolute atomic E-state index is 0.0701. The van der Waals surface area contributed by atoms with Gasteiger partial charge in [-0.05, 0) is 37.1 Å². The summed E-state index contributed by atoms with van der Waals surface area (Å²) in [7, 11) is 1.60. The predicted octanol–water partition coefficient (Wildman–Crippen LogP) is 4.10. The molecule has 1 amide bonds. The number of amides is 1. The lowest BCUT2D eigenvalue weighted by molar-refractivity contribution is -0.0329. The first-order valence-corrected chi connectivity index (χ1v) is 9.58. The van der Waals surface area contributed by atoms with Crippen LogP contribution in [0.3, 0.4) is 0 Å². The number of nitrogens with one attached hydrogen (secondary N) is 1. The highest BCUT2D eigenvalue weighted by molar-refractivity contribution is 8.00. The van der Waals surface area contributed by atoms with Gasteiger partial charge < -0.3 is 15.0 Å². The van der Waals surface area contributed by atoms with E-state index in [1.165, 1.54) is 18.3 Å². The van der Waals surface area contributed by atoms with Crippen LogP contribution in [0.4, 0.5) is 18.9 Å². The van der Waals surface area contributed by atoms with Crippen molar-refractivity contribution in [2.75, 3.05) is 25.1 Å². The molecule has 1 atom stereocenters. The average Bonchev–Trinajstić information content (AvgIpc) is 2.67. The Hall–Kier alpha value is -2.42. The molecule has 1 aliphatic heterocycles. The molecule has 0 aliphatic carbocycles. The number of hydrogen-bond acceptors (Lipinski definition) is 5. The Bertz CT molecular complexity index is 832. The van der Waals surface area contributed by atoms with Crippen LogP contribution in [0.25, 0.3) is 0 Å². The number of rotatable bonds is 5. The topological polar surface area (TPSA) is 54.5 Å². The van der Waals surface area contributed by atoms with E-state index >= 15 is 0 Å². The molecule has 1 aromatic carbocycles. The predicted molar refractivity (Wildman–Crippen MR) is 102 cm³/mol. The number of hydrogen-bond donors (Lipinski definition) is 1. The van der Waals surface area contributed by atoms with Crippen molar-refractivity contribution in [2.45, 2.75) is 29.4 Å². The number of alkyl halides is 3. The van der Waals surface area contributed by atoms with Crippen LogP contribution in [0.15, 0.2) is 47.6 Å². The Morgan fingerprint density at radius 1 is 1.29 bits per heavy atom. The molecule has 1 unspecified atom stereocenters. The van der Waals surface area contributed by atoms with Crippen LogP contribution in [0.1, 0.15) is 23.2 Å². The molecule has 0 saturated carbocycles. The molecule has 5 nitrogen and oxygen atoms in total. The van der Waals surface area contributed by atoms with Crippen molar-refractivity contribution < 1.29 is 22.7 Å². The second-order valence-corrected chi connectivity index (χ2v) is 7.39. The molecule has 2 heterocycles. The van der Waals surface area contributed by atoms with Crippen LogP contribution in [0, 0.1) is 0 Å². The van der Waals surface area contributed by atoms with Crippen LogP contribution in [-0.4, -0.2) is 42.6 Å². The Kier molecular flexibility index (Phi) is 6.33. The third kappa shape index (κ3) is 5.09. The minimum Gasteiger partial charge on any atom is -0.495 e. The molecular weight excluding hydrogens is 391 g/mol. The van der Waals surface area contributed by atoms with E-state index in [4.69, 9.17) is 4.74 Å². The summed E-state index contributed by atoms with van der Waals surface area (Å²) < 4.78 is 43.6.